The summed E-state index contributed by atoms with van der Waals surface area (Å²) in [7, 11) is 1.61. The molecule has 1 unspecified atom stereocenters. The molecule has 1 atom stereocenters. The number of benzene rings is 1. The molecule has 0 radical (unpaired) electrons. The van der Waals surface area contributed by atoms with Gasteiger partial charge in [0, 0.05) is 19.7 Å². The molecule has 2 heterocycles. The molecule has 2 N–H and O–H groups in total. The van der Waals surface area contributed by atoms with Crippen LogP contribution in [-0.4, -0.2) is 34.6 Å². The summed E-state index contributed by atoms with van der Waals surface area (Å²) < 4.78 is 0. The summed E-state index contributed by atoms with van der Waals surface area (Å²) >= 11 is 6.15. The van der Waals surface area contributed by atoms with Gasteiger partial charge in [-0.2, -0.15) is 0 Å². The summed E-state index contributed by atoms with van der Waals surface area (Å²) in [6.07, 6.45) is 2.00. The molecule has 0 saturated heterocycles. The number of nitrogens with two attached hydrogens (primary N) is 1. The number of amides is 1. The van der Waals surface area contributed by atoms with Crippen LogP contribution < -0.4 is 5.73 Å². The van der Waals surface area contributed by atoms with Crippen LogP contribution in [0.2, 0.25) is 5.02 Å². The zero-order valence-corrected chi connectivity index (χ0v) is 16.2. The topological polar surface area (TPSA) is 88.7 Å². The first-order valence-electron chi connectivity index (χ1n) is 8.56. The van der Waals surface area contributed by atoms with Crippen molar-refractivity contribution in [2.24, 2.45) is 10.7 Å². The SMILES string of the molecule is Cc1cnc(C(=O)Cc2cccc(C3(C)CC(=O)N(C)C(N)=N3)c2)c(Cl)c1. The van der Waals surface area contributed by atoms with Gasteiger partial charge in [0.05, 0.1) is 17.0 Å². The molecule has 2 aromatic rings. The highest BCUT2D eigenvalue weighted by Gasteiger charge is 2.36. The molecule has 27 heavy (non-hydrogen) atoms. The van der Waals surface area contributed by atoms with Crippen LogP contribution in [0, 0.1) is 6.92 Å². The number of ketones is 1. The van der Waals surface area contributed by atoms with Gasteiger partial charge < -0.3 is 5.73 Å². The van der Waals surface area contributed by atoms with Gasteiger partial charge in [-0.05, 0) is 36.6 Å². The number of halogens is 1. The highest BCUT2D eigenvalue weighted by molar-refractivity contribution is 6.33. The van der Waals surface area contributed by atoms with Gasteiger partial charge in [0.15, 0.2) is 11.7 Å². The van der Waals surface area contributed by atoms with Crippen LogP contribution in [0.1, 0.15) is 40.5 Å². The summed E-state index contributed by atoms with van der Waals surface area (Å²) in [6, 6.07) is 9.20. The van der Waals surface area contributed by atoms with E-state index in [0.717, 1.165) is 16.7 Å². The van der Waals surface area contributed by atoms with E-state index in [1.54, 1.807) is 19.3 Å². The zero-order valence-electron chi connectivity index (χ0n) is 15.5. The Morgan fingerprint density at radius 2 is 2.11 bits per heavy atom. The third kappa shape index (κ3) is 3.85. The smallest absolute Gasteiger partial charge is 0.231 e. The van der Waals surface area contributed by atoms with Crippen molar-refractivity contribution in [1.82, 2.24) is 9.88 Å². The first-order chi connectivity index (χ1) is 12.7. The maximum Gasteiger partial charge on any atom is 0.231 e. The van der Waals surface area contributed by atoms with Crippen molar-refractivity contribution in [3.8, 4) is 0 Å². The molecule has 1 aromatic heterocycles. The predicted octanol–water partition coefficient (Wildman–Crippen LogP) is 2.86. The number of hydrogen-bond acceptors (Lipinski definition) is 5. The Kier molecular flexibility index (Phi) is 5.02. The van der Waals surface area contributed by atoms with Gasteiger partial charge in [0.1, 0.15) is 5.69 Å². The monoisotopic (exact) mass is 384 g/mol. The van der Waals surface area contributed by atoms with Crippen molar-refractivity contribution in [2.75, 3.05) is 7.05 Å². The van der Waals surface area contributed by atoms with Crippen molar-refractivity contribution < 1.29 is 9.59 Å². The summed E-state index contributed by atoms with van der Waals surface area (Å²) in [4.78, 5) is 34.8. The second-order valence-electron chi connectivity index (χ2n) is 7.02. The minimum Gasteiger partial charge on any atom is -0.369 e. The summed E-state index contributed by atoms with van der Waals surface area (Å²) in [5.41, 5.74) is 7.92. The second-order valence-corrected chi connectivity index (χ2v) is 7.42. The van der Waals surface area contributed by atoms with Gasteiger partial charge in [-0.1, -0.05) is 35.9 Å². The van der Waals surface area contributed by atoms with E-state index >= 15 is 0 Å². The minimum atomic E-state index is -0.757. The number of aromatic nitrogens is 1. The molecular formula is C20H21ClN4O2. The lowest BCUT2D eigenvalue weighted by molar-refractivity contribution is -0.128. The summed E-state index contributed by atoms with van der Waals surface area (Å²) in [5, 5.41) is 0.349. The van der Waals surface area contributed by atoms with Crippen LogP contribution in [0.25, 0.3) is 0 Å². The fraction of sp³-hybridized carbons (Fsp3) is 0.300. The Morgan fingerprint density at radius 1 is 1.37 bits per heavy atom. The van der Waals surface area contributed by atoms with E-state index in [0.29, 0.717) is 5.02 Å². The van der Waals surface area contributed by atoms with E-state index in [4.69, 9.17) is 17.3 Å². The van der Waals surface area contributed by atoms with Gasteiger partial charge in [0.25, 0.3) is 0 Å². The lowest BCUT2D eigenvalue weighted by Crippen LogP contribution is -2.47. The van der Waals surface area contributed by atoms with E-state index in [1.807, 2.05) is 38.1 Å². The van der Waals surface area contributed by atoms with Crippen LogP contribution in [0.3, 0.4) is 0 Å². The number of aryl methyl sites for hydroxylation is 1. The number of hydrogen-bond donors (Lipinski definition) is 1. The first-order valence-corrected chi connectivity index (χ1v) is 8.94. The highest BCUT2D eigenvalue weighted by atomic mass is 35.5. The van der Waals surface area contributed by atoms with Crippen LogP contribution in [0.15, 0.2) is 41.5 Å². The van der Waals surface area contributed by atoms with Crippen LogP contribution >= 0.6 is 11.6 Å². The van der Waals surface area contributed by atoms with Crippen molar-refractivity contribution in [1.29, 1.82) is 0 Å². The second kappa shape index (κ2) is 7.12. The van der Waals surface area contributed by atoms with E-state index in [-0.39, 0.29) is 36.2 Å². The normalized spacial score (nSPS) is 19.8. The number of rotatable bonds is 4. The van der Waals surface area contributed by atoms with E-state index in [1.165, 1.54) is 4.90 Å². The molecule has 0 bridgehead atoms. The maximum atomic E-state index is 12.6. The molecule has 1 aliphatic rings. The Morgan fingerprint density at radius 3 is 2.78 bits per heavy atom. The number of Topliss-reactive ketones (excluding diaryl/α,β-unsaturated/α-hetero) is 1. The van der Waals surface area contributed by atoms with E-state index < -0.39 is 5.54 Å². The molecule has 6 nitrogen and oxygen atoms in total. The molecule has 1 aliphatic heterocycles. The third-order valence-electron chi connectivity index (χ3n) is 4.73. The number of guanidine groups is 1. The number of aliphatic imine (C=N–C) groups is 1. The van der Waals surface area contributed by atoms with E-state index in [9.17, 15) is 9.59 Å². The minimum absolute atomic E-state index is 0.0953. The molecule has 1 aromatic carbocycles. The molecule has 3 rings (SSSR count). The van der Waals surface area contributed by atoms with Gasteiger partial charge in [-0.25, -0.2) is 4.99 Å². The number of nitrogens with zero attached hydrogens (tertiary/aromatic N) is 3. The van der Waals surface area contributed by atoms with Crippen LogP contribution in [0.5, 0.6) is 0 Å². The third-order valence-corrected chi connectivity index (χ3v) is 5.02. The van der Waals surface area contributed by atoms with Crippen molar-refractivity contribution in [3.05, 3.63) is 63.9 Å². The molecule has 0 fully saturated rings. The maximum absolute atomic E-state index is 12.6. The number of carbonyl (C=O) groups is 2. The molecule has 0 aliphatic carbocycles. The summed E-state index contributed by atoms with van der Waals surface area (Å²) in [6.45, 7) is 3.73. The lowest BCUT2D eigenvalue weighted by Gasteiger charge is -2.33. The molecular weight excluding hydrogens is 364 g/mol. The van der Waals surface area contributed by atoms with Crippen molar-refractivity contribution in [3.63, 3.8) is 0 Å². The number of carbonyl (C=O) groups excluding carboxylic acids is 2. The van der Waals surface area contributed by atoms with Gasteiger partial charge in [-0.3, -0.25) is 19.5 Å². The average molecular weight is 385 g/mol. The van der Waals surface area contributed by atoms with Gasteiger partial charge in [-0.15, -0.1) is 0 Å². The predicted molar refractivity (Wildman–Crippen MR) is 105 cm³/mol. The van der Waals surface area contributed by atoms with Gasteiger partial charge >= 0.3 is 0 Å². The average Bonchev–Trinajstić information content (AvgIpc) is 2.59. The molecule has 7 heteroatoms. The highest BCUT2D eigenvalue weighted by Crippen LogP contribution is 2.33. The number of pyridine rings is 1. The Labute approximate surface area is 163 Å². The molecule has 0 saturated carbocycles. The van der Waals surface area contributed by atoms with Crippen LogP contribution in [-0.2, 0) is 16.8 Å². The Bertz CT molecular complexity index is 957. The molecule has 140 valence electrons. The zero-order chi connectivity index (χ0) is 19.8. The van der Waals surface area contributed by atoms with Crippen molar-refractivity contribution >= 4 is 29.3 Å². The Hall–Kier alpha value is -2.73. The standard InChI is InChI=1S/C20H21ClN4O2/c1-12-7-15(21)18(23-11-12)16(26)9-13-5-4-6-14(8-13)20(2)10-17(27)25(3)19(22)24-20/h4-8,11H,9-10H2,1-3H3,(H2,22,24). The van der Waals surface area contributed by atoms with Gasteiger partial charge in [0.2, 0.25) is 5.91 Å². The summed E-state index contributed by atoms with van der Waals surface area (Å²) in [5.74, 6) is -0.0715. The molecule has 1 amide bonds. The van der Waals surface area contributed by atoms with Crippen molar-refractivity contribution in [2.45, 2.75) is 32.2 Å². The lowest BCUT2D eigenvalue weighted by atomic mass is 9.86. The van der Waals surface area contributed by atoms with E-state index in [2.05, 4.69) is 9.98 Å². The fourth-order valence-corrected chi connectivity index (χ4v) is 3.43. The first kappa shape index (κ1) is 19.0. The molecule has 0 spiro atoms. The quantitative estimate of drug-likeness (QED) is 0.821. The fourth-order valence-electron chi connectivity index (χ4n) is 3.10. The largest absolute Gasteiger partial charge is 0.369 e. The Balaban J connectivity index is 1.88. The van der Waals surface area contributed by atoms with Crippen LogP contribution in [0.4, 0.5) is 0 Å².